The molecule has 1 aromatic heterocycles. The van der Waals surface area contributed by atoms with Crippen molar-refractivity contribution in [2.75, 3.05) is 5.73 Å². The molecule has 90 valence electrons. The number of hydrogen-bond donors (Lipinski definition) is 1. The number of hydrogen-bond acceptors (Lipinski definition) is 3. The number of alkyl halides is 3. The van der Waals surface area contributed by atoms with Crippen LogP contribution in [-0.4, -0.2) is 5.16 Å². The van der Waals surface area contributed by atoms with Crippen molar-refractivity contribution in [3.05, 3.63) is 35.6 Å². The first-order valence-corrected chi connectivity index (χ1v) is 4.48. The number of rotatable bonds is 1. The molecule has 0 fully saturated rings. The second kappa shape index (κ2) is 3.76. The van der Waals surface area contributed by atoms with Crippen molar-refractivity contribution in [1.82, 2.24) is 5.16 Å². The van der Waals surface area contributed by atoms with Gasteiger partial charge in [0, 0.05) is 11.6 Å². The highest BCUT2D eigenvalue weighted by Gasteiger charge is 2.35. The van der Waals surface area contributed by atoms with Crippen molar-refractivity contribution >= 4 is 5.88 Å². The van der Waals surface area contributed by atoms with E-state index in [0.29, 0.717) is 6.07 Å². The van der Waals surface area contributed by atoms with Crippen LogP contribution >= 0.6 is 0 Å². The molecule has 0 saturated heterocycles. The topological polar surface area (TPSA) is 52.0 Å². The monoisotopic (exact) mass is 246 g/mol. The number of anilines is 1. The zero-order chi connectivity index (χ0) is 12.6. The molecule has 2 N–H and O–H groups in total. The molecular weight excluding hydrogens is 240 g/mol. The Balaban J connectivity index is 2.57. The second-order valence-corrected chi connectivity index (χ2v) is 3.28. The highest BCUT2D eigenvalue weighted by Crippen LogP contribution is 2.35. The van der Waals surface area contributed by atoms with Gasteiger partial charge in [0.15, 0.2) is 0 Å². The molecule has 3 nitrogen and oxygen atoms in total. The predicted molar refractivity (Wildman–Crippen MR) is 51.3 cm³/mol. The van der Waals surface area contributed by atoms with Gasteiger partial charge in [0.1, 0.15) is 11.5 Å². The van der Waals surface area contributed by atoms with Crippen molar-refractivity contribution in [2.45, 2.75) is 6.18 Å². The largest absolute Gasteiger partial charge is 0.419 e. The van der Waals surface area contributed by atoms with Gasteiger partial charge in [-0.1, -0.05) is 11.2 Å². The normalized spacial score (nSPS) is 11.8. The van der Waals surface area contributed by atoms with Crippen molar-refractivity contribution in [1.29, 1.82) is 0 Å². The van der Waals surface area contributed by atoms with Crippen LogP contribution in [-0.2, 0) is 6.18 Å². The van der Waals surface area contributed by atoms with E-state index >= 15 is 0 Å². The lowest BCUT2D eigenvalue weighted by Crippen LogP contribution is -2.08. The van der Waals surface area contributed by atoms with E-state index in [0.717, 1.165) is 12.1 Å². The van der Waals surface area contributed by atoms with Gasteiger partial charge in [0.25, 0.3) is 0 Å². The summed E-state index contributed by atoms with van der Waals surface area (Å²) < 4.78 is 55.4. The minimum atomic E-state index is -4.75. The van der Waals surface area contributed by atoms with E-state index in [9.17, 15) is 17.6 Å². The SMILES string of the molecule is Nc1cc(-c2cccc(C(F)(F)F)c2F)no1. The summed E-state index contributed by atoms with van der Waals surface area (Å²) in [5.41, 5.74) is 3.48. The highest BCUT2D eigenvalue weighted by atomic mass is 19.4. The smallest absolute Gasteiger partial charge is 0.368 e. The fourth-order valence-corrected chi connectivity index (χ4v) is 1.36. The van der Waals surface area contributed by atoms with Crippen LogP contribution in [0.15, 0.2) is 28.8 Å². The number of nitrogens with zero attached hydrogens (tertiary/aromatic N) is 1. The first kappa shape index (κ1) is 11.4. The van der Waals surface area contributed by atoms with Gasteiger partial charge in [-0.15, -0.1) is 0 Å². The zero-order valence-electron chi connectivity index (χ0n) is 8.25. The molecule has 1 heterocycles. The van der Waals surface area contributed by atoms with Crippen molar-refractivity contribution in [3.8, 4) is 11.3 Å². The standard InChI is InChI=1S/C10H6F4N2O/c11-9-5(7-4-8(15)17-16-7)2-1-3-6(9)10(12,13)14/h1-4H,15H2. The minimum Gasteiger partial charge on any atom is -0.368 e. The fraction of sp³-hybridized carbons (Fsp3) is 0.100. The number of halogens is 4. The third kappa shape index (κ3) is 2.08. The first-order valence-electron chi connectivity index (χ1n) is 4.48. The summed E-state index contributed by atoms with van der Waals surface area (Å²) in [5, 5.41) is 3.36. The molecule has 2 rings (SSSR count). The summed E-state index contributed by atoms with van der Waals surface area (Å²) in [5.74, 6) is -1.50. The van der Waals surface area contributed by atoms with E-state index in [2.05, 4.69) is 9.68 Å². The maximum atomic E-state index is 13.6. The Morgan fingerprint density at radius 3 is 2.47 bits per heavy atom. The summed E-state index contributed by atoms with van der Waals surface area (Å²) in [4.78, 5) is 0. The number of nitrogens with two attached hydrogens (primary N) is 1. The van der Waals surface area contributed by atoms with Gasteiger partial charge in [0.2, 0.25) is 5.88 Å². The molecule has 0 amide bonds. The van der Waals surface area contributed by atoms with Gasteiger partial charge in [0.05, 0.1) is 5.56 Å². The third-order valence-electron chi connectivity index (χ3n) is 2.11. The van der Waals surface area contributed by atoms with Gasteiger partial charge in [-0.25, -0.2) is 4.39 Å². The lowest BCUT2D eigenvalue weighted by Gasteiger charge is -2.09. The van der Waals surface area contributed by atoms with E-state index in [1.54, 1.807) is 0 Å². The Hall–Kier alpha value is -2.05. The Morgan fingerprint density at radius 1 is 1.24 bits per heavy atom. The zero-order valence-corrected chi connectivity index (χ0v) is 8.25. The van der Waals surface area contributed by atoms with E-state index in [1.165, 1.54) is 6.07 Å². The third-order valence-corrected chi connectivity index (χ3v) is 2.11. The molecule has 0 aliphatic carbocycles. The number of nitrogen functional groups attached to an aromatic ring is 1. The Labute approximate surface area is 92.8 Å². The van der Waals surface area contributed by atoms with E-state index in [1.807, 2.05) is 0 Å². The molecule has 0 aliphatic rings. The fourth-order valence-electron chi connectivity index (χ4n) is 1.36. The summed E-state index contributed by atoms with van der Waals surface area (Å²) >= 11 is 0. The van der Waals surface area contributed by atoms with Crippen LogP contribution in [0.25, 0.3) is 11.3 Å². The second-order valence-electron chi connectivity index (χ2n) is 3.28. The van der Waals surface area contributed by atoms with E-state index < -0.39 is 17.6 Å². The number of benzene rings is 1. The van der Waals surface area contributed by atoms with Crippen LogP contribution in [0.1, 0.15) is 5.56 Å². The van der Waals surface area contributed by atoms with Gasteiger partial charge < -0.3 is 10.3 Å². The lowest BCUT2D eigenvalue weighted by atomic mass is 10.1. The van der Waals surface area contributed by atoms with Crippen molar-refractivity contribution in [2.24, 2.45) is 0 Å². The van der Waals surface area contributed by atoms with Gasteiger partial charge in [-0.05, 0) is 12.1 Å². The molecule has 0 aliphatic heterocycles. The van der Waals surface area contributed by atoms with Gasteiger partial charge in [-0.2, -0.15) is 13.2 Å². The quantitative estimate of drug-likeness (QED) is 0.786. The van der Waals surface area contributed by atoms with Crippen LogP contribution in [0.4, 0.5) is 23.4 Å². The van der Waals surface area contributed by atoms with Crippen molar-refractivity contribution < 1.29 is 22.1 Å². The van der Waals surface area contributed by atoms with Gasteiger partial charge in [-0.3, -0.25) is 0 Å². The summed E-state index contributed by atoms with van der Waals surface area (Å²) in [6.07, 6.45) is -4.75. The molecule has 17 heavy (non-hydrogen) atoms. The molecular formula is C10H6F4N2O. The Morgan fingerprint density at radius 2 is 1.94 bits per heavy atom. The van der Waals surface area contributed by atoms with Gasteiger partial charge >= 0.3 is 6.18 Å². The molecule has 0 spiro atoms. The summed E-state index contributed by atoms with van der Waals surface area (Å²) in [6, 6.07) is 4.06. The van der Waals surface area contributed by atoms with Crippen LogP contribution < -0.4 is 5.73 Å². The maximum Gasteiger partial charge on any atom is 0.419 e. The summed E-state index contributed by atoms with van der Waals surface area (Å²) in [7, 11) is 0. The molecule has 7 heteroatoms. The molecule has 0 saturated carbocycles. The van der Waals surface area contributed by atoms with Crippen LogP contribution in [0.5, 0.6) is 0 Å². The van der Waals surface area contributed by atoms with E-state index in [-0.39, 0.29) is 17.1 Å². The predicted octanol–water partition coefficient (Wildman–Crippen LogP) is 3.08. The molecule has 0 unspecified atom stereocenters. The molecule has 0 radical (unpaired) electrons. The molecule has 1 aromatic carbocycles. The summed E-state index contributed by atoms with van der Waals surface area (Å²) in [6.45, 7) is 0. The number of aromatic nitrogens is 1. The highest BCUT2D eigenvalue weighted by molar-refractivity contribution is 5.63. The first-order chi connectivity index (χ1) is 7.89. The average molecular weight is 246 g/mol. The Kier molecular flexibility index (Phi) is 2.53. The lowest BCUT2D eigenvalue weighted by molar-refractivity contribution is -0.139. The van der Waals surface area contributed by atoms with Crippen LogP contribution in [0, 0.1) is 5.82 Å². The molecule has 0 bridgehead atoms. The van der Waals surface area contributed by atoms with Crippen LogP contribution in [0.2, 0.25) is 0 Å². The maximum absolute atomic E-state index is 13.6. The van der Waals surface area contributed by atoms with Crippen LogP contribution in [0.3, 0.4) is 0 Å². The molecule has 0 atom stereocenters. The van der Waals surface area contributed by atoms with E-state index in [4.69, 9.17) is 5.73 Å². The Bertz CT molecular complexity index is 547. The minimum absolute atomic E-state index is 0.0777. The average Bonchev–Trinajstić information content (AvgIpc) is 2.63. The molecule has 2 aromatic rings. The van der Waals surface area contributed by atoms with Crippen molar-refractivity contribution in [3.63, 3.8) is 0 Å².